The maximum atomic E-state index is 12.8. The monoisotopic (exact) mass is 423 g/mol. The standard InChI is InChI=1S/C23H25N3O5/c1-30-19-12-15-10-11-25(14-16(15)13-20(19)31-2)21(27)9-8-18-22(28)26(23(29)24-18)17-6-4-3-5-7-17/h3-7,12-13,18H,8-11,14H2,1-2H3,(H,24,29)/t18-/m1/s1. The molecule has 1 fully saturated rings. The number of hydrogen-bond acceptors (Lipinski definition) is 5. The summed E-state index contributed by atoms with van der Waals surface area (Å²) in [6.07, 6.45) is 1.17. The summed E-state index contributed by atoms with van der Waals surface area (Å²) in [4.78, 5) is 40.7. The molecule has 0 saturated carbocycles. The molecule has 1 saturated heterocycles. The Hall–Kier alpha value is -3.55. The molecule has 2 aromatic rings. The Morgan fingerprint density at radius 1 is 1.06 bits per heavy atom. The van der Waals surface area contributed by atoms with E-state index < -0.39 is 12.1 Å². The number of urea groups is 1. The lowest BCUT2D eigenvalue weighted by atomic mass is 9.98. The molecule has 1 N–H and O–H groups in total. The third-order valence-corrected chi connectivity index (χ3v) is 5.75. The number of rotatable bonds is 6. The van der Waals surface area contributed by atoms with Crippen molar-refractivity contribution in [2.75, 3.05) is 25.7 Å². The van der Waals surface area contributed by atoms with Crippen molar-refractivity contribution < 1.29 is 23.9 Å². The number of benzene rings is 2. The topological polar surface area (TPSA) is 88.2 Å². The molecule has 0 bridgehead atoms. The highest BCUT2D eigenvalue weighted by Gasteiger charge is 2.39. The van der Waals surface area contributed by atoms with Gasteiger partial charge in [0.1, 0.15) is 6.04 Å². The van der Waals surface area contributed by atoms with Crippen LogP contribution in [-0.4, -0.2) is 49.6 Å². The molecule has 0 unspecified atom stereocenters. The number of imide groups is 1. The minimum absolute atomic E-state index is 0.0411. The number of methoxy groups -OCH3 is 2. The van der Waals surface area contributed by atoms with Crippen molar-refractivity contribution in [1.82, 2.24) is 10.2 Å². The second-order valence-corrected chi connectivity index (χ2v) is 7.59. The van der Waals surface area contributed by atoms with E-state index in [-0.39, 0.29) is 24.7 Å². The Morgan fingerprint density at radius 2 is 1.74 bits per heavy atom. The third-order valence-electron chi connectivity index (χ3n) is 5.75. The first-order valence-electron chi connectivity index (χ1n) is 10.2. The fourth-order valence-electron chi connectivity index (χ4n) is 4.07. The Labute approximate surface area is 180 Å². The van der Waals surface area contributed by atoms with Gasteiger partial charge in [-0.2, -0.15) is 0 Å². The van der Waals surface area contributed by atoms with E-state index >= 15 is 0 Å². The number of nitrogens with zero attached hydrogens (tertiary/aromatic N) is 2. The van der Waals surface area contributed by atoms with Gasteiger partial charge in [0.05, 0.1) is 19.9 Å². The van der Waals surface area contributed by atoms with Crippen molar-refractivity contribution in [3.63, 3.8) is 0 Å². The van der Waals surface area contributed by atoms with Gasteiger partial charge in [0.25, 0.3) is 5.91 Å². The predicted molar refractivity (Wildman–Crippen MR) is 114 cm³/mol. The van der Waals surface area contributed by atoms with E-state index in [9.17, 15) is 14.4 Å². The molecule has 4 rings (SSSR count). The Balaban J connectivity index is 1.38. The summed E-state index contributed by atoms with van der Waals surface area (Å²) in [7, 11) is 3.19. The van der Waals surface area contributed by atoms with Crippen LogP contribution in [0.25, 0.3) is 0 Å². The van der Waals surface area contributed by atoms with Gasteiger partial charge in [-0.05, 0) is 48.2 Å². The van der Waals surface area contributed by atoms with E-state index in [4.69, 9.17) is 9.47 Å². The number of carbonyl (C=O) groups is 3. The molecule has 0 radical (unpaired) electrons. The van der Waals surface area contributed by atoms with Crippen LogP contribution in [0.1, 0.15) is 24.0 Å². The highest BCUT2D eigenvalue weighted by molar-refractivity contribution is 6.21. The van der Waals surface area contributed by atoms with Gasteiger partial charge in [-0.15, -0.1) is 0 Å². The number of fused-ring (bicyclic) bond motifs is 1. The summed E-state index contributed by atoms with van der Waals surface area (Å²) >= 11 is 0. The zero-order valence-electron chi connectivity index (χ0n) is 17.6. The first-order valence-corrected chi connectivity index (χ1v) is 10.2. The van der Waals surface area contributed by atoms with Crippen LogP contribution in [0.4, 0.5) is 10.5 Å². The van der Waals surface area contributed by atoms with E-state index in [2.05, 4.69) is 5.32 Å². The molecule has 0 aliphatic carbocycles. The van der Waals surface area contributed by atoms with Crippen LogP contribution in [0, 0.1) is 0 Å². The van der Waals surface area contributed by atoms with E-state index in [1.807, 2.05) is 18.2 Å². The van der Waals surface area contributed by atoms with Gasteiger partial charge in [-0.25, -0.2) is 9.69 Å². The zero-order chi connectivity index (χ0) is 22.0. The fourth-order valence-corrected chi connectivity index (χ4v) is 4.07. The average Bonchev–Trinajstić information content (AvgIpc) is 3.09. The molecular formula is C23H25N3O5. The van der Waals surface area contributed by atoms with Gasteiger partial charge < -0.3 is 19.7 Å². The quantitative estimate of drug-likeness (QED) is 0.722. The Kier molecular flexibility index (Phi) is 5.79. The maximum absolute atomic E-state index is 12.8. The number of carbonyl (C=O) groups excluding carboxylic acids is 3. The van der Waals surface area contributed by atoms with Crippen molar-refractivity contribution in [1.29, 1.82) is 0 Å². The number of para-hydroxylation sites is 1. The molecule has 1 atom stereocenters. The van der Waals surface area contributed by atoms with Crippen molar-refractivity contribution in [2.24, 2.45) is 0 Å². The number of ether oxygens (including phenoxy) is 2. The summed E-state index contributed by atoms with van der Waals surface area (Å²) in [6.45, 7) is 1.08. The van der Waals surface area contributed by atoms with Crippen LogP contribution >= 0.6 is 0 Å². The predicted octanol–water partition coefficient (Wildman–Crippen LogP) is 2.49. The molecule has 0 aromatic heterocycles. The fraction of sp³-hybridized carbons (Fsp3) is 0.348. The summed E-state index contributed by atoms with van der Waals surface area (Å²) in [6, 6.07) is 11.5. The first kappa shape index (κ1) is 20.7. The van der Waals surface area contributed by atoms with Crippen molar-refractivity contribution in [3.05, 3.63) is 53.6 Å². The van der Waals surface area contributed by atoms with Gasteiger partial charge in [0, 0.05) is 19.5 Å². The number of anilines is 1. The molecule has 2 aliphatic heterocycles. The second-order valence-electron chi connectivity index (χ2n) is 7.59. The number of amides is 4. The molecule has 4 amide bonds. The lowest BCUT2D eigenvalue weighted by molar-refractivity contribution is -0.132. The van der Waals surface area contributed by atoms with Crippen LogP contribution in [-0.2, 0) is 22.6 Å². The van der Waals surface area contributed by atoms with Gasteiger partial charge in [0.2, 0.25) is 5.91 Å². The summed E-state index contributed by atoms with van der Waals surface area (Å²) < 4.78 is 10.7. The van der Waals surface area contributed by atoms with Crippen LogP contribution in [0.15, 0.2) is 42.5 Å². The minimum Gasteiger partial charge on any atom is -0.493 e. The molecule has 162 valence electrons. The van der Waals surface area contributed by atoms with Crippen molar-refractivity contribution >= 4 is 23.5 Å². The largest absolute Gasteiger partial charge is 0.493 e. The van der Waals surface area contributed by atoms with Crippen LogP contribution < -0.4 is 19.7 Å². The van der Waals surface area contributed by atoms with Gasteiger partial charge >= 0.3 is 6.03 Å². The first-order chi connectivity index (χ1) is 15.0. The van der Waals surface area contributed by atoms with Crippen LogP contribution in [0.2, 0.25) is 0 Å². The van der Waals surface area contributed by atoms with Gasteiger partial charge in [-0.1, -0.05) is 18.2 Å². The molecular weight excluding hydrogens is 398 g/mol. The average molecular weight is 423 g/mol. The number of hydrogen-bond donors (Lipinski definition) is 1. The zero-order valence-corrected chi connectivity index (χ0v) is 17.6. The molecule has 2 heterocycles. The molecule has 0 spiro atoms. The third kappa shape index (κ3) is 4.05. The lowest BCUT2D eigenvalue weighted by Crippen LogP contribution is -2.37. The SMILES string of the molecule is COc1cc2c(cc1OC)CN(C(=O)CC[C@H]1NC(=O)N(c3ccccc3)C1=O)CC2. The normalized spacial score (nSPS) is 17.9. The van der Waals surface area contributed by atoms with Crippen molar-refractivity contribution in [3.8, 4) is 11.5 Å². The van der Waals surface area contributed by atoms with E-state index in [0.717, 1.165) is 22.4 Å². The highest BCUT2D eigenvalue weighted by atomic mass is 16.5. The molecule has 2 aromatic carbocycles. The highest BCUT2D eigenvalue weighted by Crippen LogP contribution is 2.33. The lowest BCUT2D eigenvalue weighted by Gasteiger charge is -2.30. The molecule has 8 nitrogen and oxygen atoms in total. The van der Waals surface area contributed by atoms with E-state index in [0.29, 0.717) is 30.3 Å². The second kappa shape index (κ2) is 8.67. The van der Waals surface area contributed by atoms with Gasteiger partial charge in [0.15, 0.2) is 11.5 Å². The van der Waals surface area contributed by atoms with Crippen LogP contribution in [0.3, 0.4) is 0 Å². The summed E-state index contributed by atoms with van der Waals surface area (Å²) in [5.74, 6) is 0.945. The Bertz CT molecular complexity index is 1010. The number of nitrogens with one attached hydrogen (secondary N) is 1. The Morgan fingerprint density at radius 3 is 2.42 bits per heavy atom. The minimum atomic E-state index is -0.696. The van der Waals surface area contributed by atoms with Crippen LogP contribution in [0.5, 0.6) is 11.5 Å². The van der Waals surface area contributed by atoms with E-state index in [1.54, 1.807) is 43.4 Å². The molecule has 2 aliphatic rings. The maximum Gasteiger partial charge on any atom is 0.329 e. The summed E-state index contributed by atoms with van der Waals surface area (Å²) in [5.41, 5.74) is 2.69. The molecule has 31 heavy (non-hydrogen) atoms. The van der Waals surface area contributed by atoms with E-state index in [1.165, 1.54) is 0 Å². The smallest absolute Gasteiger partial charge is 0.329 e. The molecule has 8 heteroatoms. The summed E-state index contributed by atoms with van der Waals surface area (Å²) in [5, 5.41) is 2.69. The van der Waals surface area contributed by atoms with Gasteiger partial charge in [-0.3, -0.25) is 9.59 Å². The van der Waals surface area contributed by atoms with Crippen molar-refractivity contribution in [2.45, 2.75) is 31.8 Å².